The molecule has 1 fully saturated rings. The number of carboxylic acids is 1. The zero-order chi connectivity index (χ0) is 17.3. The molecule has 1 amide bonds. The molecule has 1 aliphatic rings. The number of amides is 1. The molecule has 0 aliphatic carbocycles. The molecule has 1 heterocycles. The third-order valence-corrected chi connectivity index (χ3v) is 4.07. The second kappa shape index (κ2) is 6.18. The van der Waals surface area contributed by atoms with Crippen molar-refractivity contribution in [2.75, 3.05) is 13.1 Å². The normalized spacial score (nSPS) is 17.7. The summed E-state index contributed by atoms with van der Waals surface area (Å²) in [6, 6.07) is 5.54. The zero-order valence-corrected chi connectivity index (χ0v) is 13.6. The topological polar surface area (TPSA) is 66.8 Å². The number of hydrogen-bond acceptors (Lipinski definition) is 3. The molecule has 0 unspecified atom stereocenters. The molecule has 1 aliphatic heterocycles. The smallest absolute Gasteiger partial charge is 0.410 e. The number of carbonyl (C=O) groups is 2. The van der Waals surface area contributed by atoms with Crippen molar-refractivity contribution in [3.8, 4) is 0 Å². The van der Waals surface area contributed by atoms with Crippen LogP contribution in [0.3, 0.4) is 0 Å². The average molecular weight is 323 g/mol. The van der Waals surface area contributed by atoms with E-state index in [0.717, 1.165) is 0 Å². The van der Waals surface area contributed by atoms with Crippen molar-refractivity contribution >= 4 is 12.1 Å². The second-order valence-electron chi connectivity index (χ2n) is 6.86. The van der Waals surface area contributed by atoms with Gasteiger partial charge in [0.05, 0.1) is 5.41 Å². The van der Waals surface area contributed by atoms with Crippen LogP contribution in [0, 0.1) is 5.82 Å². The standard InChI is InChI=1S/C17H22FNO4/c1-16(2,3)23-15(22)19-10-8-17(9-11-19,14(20)21)12-4-6-13(18)7-5-12/h4-7H,8-11H2,1-3H3,(H,20,21). The van der Waals surface area contributed by atoms with Crippen molar-refractivity contribution in [2.45, 2.75) is 44.6 Å². The Morgan fingerprint density at radius 1 is 1.17 bits per heavy atom. The highest BCUT2D eigenvalue weighted by Crippen LogP contribution is 2.36. The van der Waals surface area contributed by atoms with Gasteiger partial charge in [-0.2, -0.15) is 0 Å². The van der Waals surface area contributed by atoms with E-state index in [1.165, 1.54) is 29.2 Å². The fourth-order valence-electron chi connectivity index (χ4n) is 2.79. The van der Waals surface area contributed by atoms with Gasteiger partial charge >= 0.3 is 12.1 Å². The summed E-state index contributed by atoms with van der Waals surface area (Å²) < 4.78 is 18.4. The number of nitrogens with zero attached hydrogens (tertiary/aromatic N) is 1. The summed E-state index contributed by atoms with van der Waals surface area (Å²) in [5, 5.41) is 9.69. The van der Waals surface area contributed by atoms with E-state index in [1.807, 2.05) is 0 Å². The minimum Gasteiger partial charge on any atom is -0.481 e. The van der Waals surface area contributed by atoms with Gasteiger partial charge in [-0.3, -0.25) is 4.79 Å². The van der Waals surface area contributed by atoms with Gasteiger partial charge in [0.15, 0.2) is 0 Å². The Balaban J connectivity index is 2.14. The van der Waals surface area contributed by atoms with Crippen LogP contribution in [0.25, 0.3) is 0 Å². The van der Waals surface area contributed by atoms with Gasteiger partial charge in [0, 0.05) is 13.1 Å². The monoisotopic (exact) mass is 323 g/mol. The first-order valence-corrected chi connectivity index (χ1v) is 7.61. The molecule has 0 atom stereocenters. The van der Waals surface area contributed by atoms with Crippen molar-refractivity contribution in [2.24, 2.45) is 0 Å². The molecule has 1 aromatic rings. The van der Waals surface area contributed by atoms with Crippen LogP contribution in [-0.2, 0) is 14.9 Å². The molecule has 1 saturated heterocycles. The van der Waals surface area contributed by atoms with Gasteiger partial charge in [-0.15, -0.1) is 0 Å². The fraction of sp³-hybridized carbons (Fsp3) is 0.529. The molecular weight excluding hydrogens is 301 g/mol. The first-order valence-electron chi connectivity index (χ1n) is 7.61. The van der Waals surface area contributed by atoms with Crippen LogP contribution in [0.4, 0.5) is 9.18 Å². The van der Waals surface area contributed by atoms with Gasteiger partial charge in [-0.1, -0.05) is 12.1 Å². The Labute approximate surface area is 135 Å². The number of hydrogen-bond donors (Lipinski definition) is 1. The van der Waals surface area contributed by atoms with Crippen molar-refractivity contribution in [1.82, 2.24) is 4.90 Å². The molecule has 1 N–H and O–H groups in total. The SMILES string of the molecule is CC(C)(C)OC(=O)N1CCC(C(=O)O)(c2ccc(F)cc2)CC1. The zero-order valence-electron chi connectivity index (χ0n) is 13.6. The Hall–Kier alpha value is -2.11. The summed E-state index contributed by atoms with van der Waals surface area (Å²) >= 11 is 0. The van der Waals surface area contributed by atoms with E-state index in [-0.39, 0.29) is 12.8 Å². The number of ether oxygens (including phenoxy) is 1. The van der Waals surface area contributed by atoms with Gasteiger partial charge in [0.1, 0.15) is 11.4 Å². The predicted octanol–water partition coefficient (Wildman–Crippen LogP) is 3.18. The summed E-state index contributed by atoms with van der Waals surface area (Å²) in [6.45, 7) is 5.94. The van der Waals surface area contributed by atoms with Crippen LogP contribution in [-0.4, -0.2) is 40.8 Å². The van der Waals surface area contributed by atoms with E-state index in [1.54, 1.807) is 20.8 Å². The van der Waals surface area contributed by atoms with Gasteiger partial charge in [-0.25, -0.2) is 9.18 Å². The van der Waals surface area contributed by atoms with Crippen LogP contribution in [0.1, 0.15) is 39.2 Å². The number of likely N-dealkylation sites (tertiary alicyclic amines) is 1. The number of aliphatic carboxylic acids is 1. The van der Waals surface area contributed by atoms with Gasteiger partial charge < -0.3 is 14.7 Å². The number of rotatable bonds is 2. The molecule has 0 radical (unpaired) electrons. The molecule has 0 spiro atoms. The molecule has 1 aromatic carbocycles. The molecule has 5 nitrogen and oxygen atoms in total. The maximum atomic E-state index is 13.1. The predicted molar refractivity (Wildman–Crippen MR) is 82.8 cm³/mol. The van der Waals surface area contributed by atoms with E-state index < -0.39 is 28.9 Å². The van der Waals surface area contributed by atoms with Crippen LogP contribution < -0.4 is 0 Å². The minimum absolute atomic E-state index is 0.271. The van der Waals surface area contributed by atoms with E-state index >= 15 is 0 Å². The highest BCUT2D eigenvalue weighted by Gasteiger charge is 2.44. The van der Waals surface area contributed by atoms with E-state index in [4.69, 9.17) is 4.74 Å². The molecule has 23 heavy (non-hydrogen) atoms. The summed E-state index contributed by atoms with van der Waals surface area (Å²) in [7, 11) is 0. The van der Waals surface area contributed by atoms with Gasteiger partial charge in [-0.05, 0) is 51.3 Å². The second-order valence-corrected chi connectivity index (χ2v) is 6.86. The third-order valence-electron chi connectivity index (χ3n) is 4.07. The molecule has 6 heteroatoms. The third kappa shape index (κ3) is 3.81. The lowest BCUT2D eigenvalue weighted by Gasteiger charge is -2.39. The lowest BCUT2D eigenvalue weighted by molar-refractivity contribution is -0.146. The summed E-state index contributed by atoms with van der Waals surface area (Å²) in [4.78, 5) is 25.4. The van der Waals surface area contributed by atoms with Gasteiger partial charge in [0.2, 0.25) is 0 Å². The quantitative estimate of drug-likeness (QED) is 0.908. The number of piperidine rings is 1. The maximum Gasteiger partial charge on any atom is 0.410 e. The number of carbonyl (C=O) groups excluding carboxylic acids is 1. The summed E-state index contributed by atoms with van der Waals surface area (Å²) in [5.74, 6) is -1.35. The Morgan fingerprint density at radius 3 is 2.13 bits per heavy atom. The first-order chi connectivity index (χ1) is 10.6. The lowest BCUT2D eigenvalue weighted by atomic mass is 9.73. The number of benzene rings is 1. The molecular formula is C17H22FNO4. The Kier molecular flexibility index (Phi) is 4.63. The first kappa shape index (κ1) is 17.2. The number of halogens is 1. The van der Waals surface area contributed by atoms with Crippen molar-refractivity contribution in [1.29, 1.82) is 0 Å². The van der Waals surface area contributed by atoms with Crippen LogP contribution in [0.15, 0.2) is 24.3 Å². The minimum atomic E-state index is -1.09. The van der Waals surface area contributed by atoms with Crippen molar-refractivity contribution in [3.63, 3.8) is 0 Å². The molecule has 2 rings (SSSR count). The van der Waals surface area contributed by atoms with Crippen molar-refractivity contribution in [3.05, 3.63) is 35.6 Å². The van der Waals surface area contributed by atoms with Crippen LogP contribution >= 0.6 is 0 Å². The van der Waals surface area contributed by atoms with Crippen molar-refractivity contribution < 1.29 is 23.8 Å². The highest BCUT2D eigenvalue weighted by atomic mass is 19.1. The summed E-state index contributed by atoms with van der Waals surface area (Å²) in [5.41, 5.74) is -1.11. The van der Waals surface area contributed by atoms with Crippen LogP contribution in [0.5, 0.6) is 0 Å². The fourth-order valence-corrected chi connectivity index (χ4v) is 2.79. The molecule has 126 valence electrons. The lowest BCUT2D eigenvalue weighted by Crippen LogP contribution is -2.50. The maximum absolute atomic E-state index is 13.1. The van der Waals surface area contributed by atoms with Crippen LogP contribution in [0.2, 0.25) is 0 Å². The van der Waals surface area contributed by atoms with E-state index in [2.05, 4.69) is 0 Å². The largest absolute Gasteiger partial charge is 0.481 e. The Morgan fingerprint density at radius 2 is 1.70 bits per heavy atom. The average Bonchev–Trinajstić information content (AvgIpc) is 2.46. The number of carboxylic acid groups (broad SMARTS) is 1. The molecule has 0 bridgehead atoms. The Bertz CT molecular complexity index is 584. The summed E-state index contributed by atoms with van der Waals surface area (Å²) in [6.07, 6.45) is 0.107. The molecule has 0 saturated carbocycles. The van der Waals surface area contributed by atoms with E-state index in [0.29, 0.717) is 18.7 Å². The van der Waals surface area contributed by atoms with E-state index in [9.17, 15) is 19.1 Å². The van der Waals surface area contributed by atoms with Gasteiger partial charge in [0.25, 0.3) is 0 Å². The highest BCUT2D eigenvalue weighted by molar-refractivity contribution is 5.82. The molecule has 0 aromatic heterocycles.